The fraction of sp³-hybridized carbons (Fsp3) is 0.429. The molecule has 0 radical (unpaired) electrons. The maximum Gasteiger partial charge on any atom is 0.230 e. The van der Waals surface area contributed by atoms with Crippen LogP contribution >= 0.6 is 0 Å². The van der Waals surface area contributed by atoms with Crippen molar-refractivity contribution in [1.82, 2.24) is 15.1 Å². The lowest BCUT2D eigenvalue weighted by molar-refractivity contribution is 0.218. The molecule has 0 aliphatic rings. The molecule has 1 heterocycles. The Morgan fingerprint density at radius 1 is 1.16 bits per heavy atom. The molecule has 0 amide bonds. The van der Waals surface area contributed by atoms with E-state index in [1.807, 2.05) is 44.3 Å². The van der Waals surface area contributed by atoms with Gasteiger partial charge in [-0.2, -0.15) is 0 Å². The Labute approximate surface area is 113 Å². The maximum absolute atomic E-state index is 5.63. The van der Waals surface area contributed by atoms with E-state index >= 15 is 0 Å². The van der Waals surface area contributed by atoms with Crippen LogP contribution in [0.5, 0.6) is 5.75 Å². The molecular formula is C14H19N3O2. The van der Waals surface area contributed by atoms with Gasteiger partial charge in [0.05, 0.1) is 6.54 Å². The zero-order valence-electron chi connectivity index (χ0n) is 11.4. The van der Waals surface area contributed by atoms with Crippen LogP contribution in [0, 0.1) is 0 Å². The Bertz CT molecular complexity index is 484. The van der Waals surface area contributed by atoms with Gasteiger partial charge in [0, 0.05) is 13.0 Å². The molecule has 0 N–H and O–H groups in total. The third kappa shape index (κ3) is 4.37. The fourth-order valence-corrected chi connectivity index (χ4v) is 1.64. The lowest BCUT2D eigenvalue weighted by Crippen LogP contribution is -2.24. The Morgan fingerprint density at radius 3 is 2.58 bits per heavy atom. The topological polar surface area (TPSA) is 51.4 Å². The van der Waals surface area contributed by atoms with Gasteiger partial charge in [0.1, 0.15) is 12.4 Å². The Morgan fingerprint density at radius 2 is 1.89 bits per heavy atom. The van der Waals surface area contributed by atoms with Crippen molar-refractivity contribution in [3.05, 3.63) is 42.1 Å². The summed E-state index contributed by atoms with van der Waals surface area (Å²) in [5, 5.41) is 7.94. The minimum atomic E-state index is 0.634. The molecule has 0 aliphatic heterocycles. The van der Waals surface area contributed by atoms with E-state index in [-0.39, 0.29) is 0 Å². The number of hydrogen-bond donors (Lipinski definition) is 0. The first-order chi connectivity index (χ1) is 9.28. The first-order valence-electron chi connectivity index (χ1n) is 6.45. The Kier molecular flexibility index (Phi) is 4.92. The molecule has 5 nitrogen and oxygen atoms in total. The van der Waals surface area contributed by atoms with Gasteiger partial charge in [-0.3, -0.25) is 4.90 Å². The number of hydrogen-bond acceptors (Lipinski definition) is 5. The maximum atomic E-state index is 5.63. The van der Waals surface area contributed by atoms with E-state index in [2.05, 4.69) is 15.1 Å². The molecule has 1 aromatic heterocycles. The summed E-state index contributed by atoms with van der Waals surface area (Å²) in [6.07, 6.45) is 0.772. The van der Waals surface area contributed by atoms with Crippen LogP contribution in [0.1, 0.15) is 18.7 Å². The highest BCUT2D eigenvalue weighted by atomic mass is 16.5. The average molecular weight is 261 g/mol. The van der Waals surface area contributed by atoms with E-state index in [0.717, 1.165) is 18.7 Å². The van der Waals surface area contributed by atoms with Gasteiger partial charge in [-0.25, -0.2) is 0 Å². The molecule has 2 rings (SSSR count). The molecule has 0 saturated carbocycles. The third-order valence-corrected chi connectivity index (χ3v) is 2.70. The zero-order valence-corrected chi connectivity index (χ0v) is 11.4. The molecule has 102 valence electrons. The molecule has 0 aliphatic carbocycles. The second kappa shape index (κ2) is 6.89. The van der Waals surface area contributed by atoms with Crippen LogP contribution in [0.15, 0.2) is 34.7 Å². The molecule has 0 bridgehead atoms. The van der Waals surface area contributed by atoms with E-state index in [0.29, 0.717) is 24.9 Å². The third-order valence-electron chi connectivity index (χ3n) is 2.70. The fourth-order valence-electron chi connectivity index (χ4n) is 1.64. The summed E-state index contributed by atoms with van der Waals surface area (Å²) in [6.45, 7) is 4.08. The molecule has 1 aromatic carbocycles. The number of likely N-dealkylation sites (N-methyl/N-ethyl adjacent to an activating group) is 1. The number of rotatable bonds is 7. The van der Waals surface area contributed by atoms with Crippen molar-refractivity contribution in [2.75, 3.05) is 20.2 Å². The monoisotopic (exact) mass is 261 g/mol. The normalized spacial score (nSPS) is 10.9. The highest BCUT2D eigenvalue weighted by Crippen LogP contribution is 2.08. The predicted molar refractivity (Wildman–Crippen MR) is 71.9 cm³/mol. The van der Waals surface area contributed by atoms with Crippen LogP contribution in [-0.2, 0) is 13.0 Å². The Balaban J connectivity index is 1.71. The van der Waals surface area contributed by atoms with Crippen LogP contribution in [0.4, 0.5) is 0 Å². The standard InChI is InChI=1S/C14H19N3O2/c1-3-13-15-16-14(19-13)11-17(2)9-10-18-12-7-5-4-6-8-12/h4-8H,3,9-11H2,1-2H3. The van der Waals surface area contributed by atoms with Gasteiger partial charge in [0.15, 0.2) is 0 Å². The smallest absolute Gasteiger partial charge is 0.230 e. The van der Waals surface area contributed by atoms with Crippen molar-refractivity contribution in [1.29, 1.82) is 0 Å². The van der Waals surface area contributed by atoms with Crippen molar-refractivity contribution >= 4 is 0 Å². The summed E-state index contributed by atoms with van der Waals surface area (Å²) in [7, 11) is 2.00. The summed E-state index contributed by atoms with van der Waals surface area (Å²) < 4.78 is 11.1. The van der Waals surface area contributed by atoms with Crippen molar-refractivity contribution in [2.45, 2.75) is 19.9 Å². The number of ether oxygens (including phenoxy) is 1. The zero-order chi connectivity index (χ0) is 13.5. The first kappa shape index (κ1) is 13.5. The van der Waals surface area contributed by atoms with Crippen LogP contribution in [0.3, 0.4) is 0 Å². The second-order valence-electron chi connectivity index (χ2n) is 4.34. The average Bonchev–Trinajstić information content (AvgIpc) is 2.87. The number of benzene rings is 1. The van der Waals surface area contributed by atoms with Gasteiger partial charge in [0.25, 0.3) is 0 Å². The molecule has 19 heavy (non-hydrogen) atoms. The van der Waals surface area contributed by atoms with Crippen LogP contribution in [0.2, 0.25) is 0 Å². The molecule has 2 aromatic rings. The van der Waals surface area contributed by atoms with Crippen molar-refractivity contribution < 1.29 is 9.15 Å². The summed E-state index contributed by atoms with van der Waals surface area (Å²) in [6, 6.07) is 9.80. The van der Waals surface area contributed by atoms with Gasteiger partial charge in [-0.1, -0.05) is 25.1 Å². The van der Waals surface area contributed by atoms with Gasteiger partial charge < -0.3 is 9.15 Å². The summed E-state index contributed by atoms with van der Waals surface area (Å²) in [5.74, 6) is 2.23. The summed E-state index contributed by atoms with van der Waals surface area (Å²) >= 11 is 0. The SMILES string of the molecule is CCc1nnc(CN(C)CCOc2ccccc2)o1. The van der Waals surface area contributed by atoms with Crippen LogP contribution in [0.25, 0.3) is 0 Å². The Hall–Kier alpha value is -1.88. The van der Waals surface area contributed by atoms with Gasteiger partial charge in [-0.15, -0.1) is 10.2 Å². The molecule has 0 saturated heterocycles. The molecule has 0 spiro atoms. The highest BCUT2D eigenvalue weighted by Gasteiger charge is 2.07. The predicted octanol–water partition coefficient (Wildman–Crippen LogP) is 2.14. The number of nitrogens with zero attached hydrogens (tertiary/aromatic N) is 3. The number of aromatic nitrogens is 2. The minimum absolute atomic E-state index is 0.634. The second-order valence-corrected chi connectivity index (χ2v) is 4.34. The molecule has 0 fully saturated rings. The highest BCUT2D eigenvalue weighted by molar-refractivity contribution is 5.20. The van der Waals surface area contributed by atoms with E-state index < -0.39 is 0 Å². The number of para-hydroxylation sites is 1. The lowest BCUT2D eigenvalue weighted by atomic mass is 10.3. The van der Waals surface area contributed by atoms with Crippen LogP contribution in [-0.4, -0.2) is 35.3 Å². The van der Waals surface area contributed by atoms with Gasteiger partial charge >= 0.3 is 0 Å². The van der Waals surface area contributed by atoms with Crippen molar-refractivity contribution in [2.24, 2.45) is 0 Å². The molecule has 5 heteroatoms. The summed E-state index contributed by atoms with van der Waals surface area (Å²) in [4.78, 5) is 2.09. The van der Waals surface area contributed by atoms with Crippen LogP contribution < -0.4 is 4.74 Å². The van der Waals surface area contributed by atoms with Gasteiger partial charge in [0.2, 0.25) is 11.8 Å². The van der Waals surface area contributed by atoms with Crippen molar-refractivity contribution in [3.63, 3.8) is 0 Å². The minimum Gasteiger partial charge on any atom is -0.492 e. The van der Waals surface area contributed by atoms with Crippen molar-refractivity contribution in [3.8, 4) is 5.75 Å². The lowest BCUT2D eigenvalue weighted by Gasteiger charge is -2.14. The first-order valence-corrected chi connectivity index (χ1v) is 6.45. The number of aryl methyl sites for hydroxylation is 1. The van der Waals surface area contributed by atoms with E-state index in [1.165, 1.54) is 0 Å². The van der Waals surface area contributed by atoms with Gasteiger partial charge in [-0.05, 0) is 19.2 Å². The summed E-state index contributed by atoms with van der Waals surface area (Å²) in [5.41, 5.74) is 0. The molecular weight excluding hydrogens is 242 g/mol. The largest absolute Gasteiger partial charge is 0.492 e. The van der Waals surface area contributed by atoms with E-state index in [1.54, 1.807) is 0 Å². The molecule has 0 unspecified atom stereocenters. The van der Waals surface area contributed by atoms with E-state index in [9.17, 15) is 0 Å². The molecule has 0 atom stereocenters. The quantitative estimate of drug-likeness (QED) is 0.764. The van der Waals surface area contributed by atoms with E-state index in [4.69, 9.17) is 9.15 Å².